The summed E-state index contributed by atoms with van der Waals surface area (Å²) in [5.41, 5.74) is 12.1. The summed E-state index contributed by atoms with van der Waals surface area (Å²) in [5.74, 6) is 0.111. The zero-order chi connectivity index (χ0) is 27.9. The maximum atomic E-state index is 11.4. The molecule has 0 amide bonds. The predicted molar refractivity (Wildman–Crippen MR) is 157 cm³/mol. The molecule has 0 saturated heterocycles. The molecule has 6 rings (SSSR count). The van der Waals surface area contributed by atoms with Crippen molar-refractivity contribution in [1.29, 1.82) is 0 Å². The lowest BCUT2D eigenvalue weighted by molar-refractivity contribution is -0.141. The van der Waals surface area contributed by atoms with Gasteiger partial charge in [0.15, 0.2) is 11.5 Å². The minimum Gasteiger partial charge on any atom is -0.481 e. The first-order valence-electron chi connectivity index (χ1n) is 13.6. The summed E-state index contributed by atoms with van der Waals surface area (Å²) in [4.78, 5) is 25.7. The predicted octanol–water partition coefficient (Wildman–Crippen LogP) is 5.81. The number of nitrogen functional groups attached to an aromatic ring is 1. The van der Waals surface area contributed by atoms with Crippen LogP contribution in [0.3, 0.4) is 0 Å². The van der Waals surface area contributed by atoms with E-state index in [9.17, 15) is 9.90 Å². The fourth-order valence-electron chi connectivity index (χ4n) is 5.72. The number of pyridine rings is 2. The molecule has 3 aromatic heterocycles. The number of nitrogens with two attached hydrogens (primary N) is 1. The Hall–Kier alpha value is -4.56. The largest absolute Gasteiger partial charge is 0.481 e. The van der Waals surface area contributed by atoms with Crippen molar-refractivity contribution in [3.05, 3.63) is 90.6 Å². The zero-order valence-electron chi connectivity index (χ0n) is 22.6. The summed E-state index contributed by atoms with van der Waals surface area (Å²) in [7, 11) is 0. The van der Waals surface area contributed by atoms with Crippen LogP contribution in [0.15, 0.2) is 85.1 Å². The number of carbonyl (C=O) groups is 1. The van der Waals surface area contributed by atoms with Gasteiger partial charge in [-0.25, -0.2) is 15.0 Å². The topological polar surface area (TPSA) is 119 Å². The number of rotatable bonds is 7. The lowest BCUT2D eigenvalue weighted by Gasteiger charge is -2.31. The van der Waals surface area contributed by atoms with Crippen LogP contribution in [0, 0.1) is 5.92 Å². The first kappa shape index (κ1) is 25.7. The molecule has 3 heterocycles. The molecule has 5 aromatic rings. The molecule has 202 valence electrons. The normalized spacial score (nSPS) is 17.4. The Kier molecular flexibility index (Phi) is 6.56. The molecule has 8 heteroatoms. The molecule has 2 aromatic carbocycles. The second-order valence-corrected chi connectivity index (χ2v) is 11.0. The number of aromatic nitrogens is 4. The van der Waals surface area contributed by atoms with E-state index >= 15 is 0 Å². The van der Waals surface area contributed by atoms with Gasteiger partial charge in [0.1, 0.15) is 11.3 Å². The highest BCUT2D eigenvalue weighted by Gasteiger charge is 2.33. The Morgan fingerprint density at radius 3 is 2.45 bits per heavy atom. The first-order valence-corrected chi connectivity index (χ1v) is 13.6. The summed E-state index contributed by atoms with van der Waals surface area (Å²) in [6, 6.07) is 26.4. The molecule has 1 aliphatic rings. The summed E-state index contributed by atoms with van der Waals surface area (Å²) < 4.78 is 2.04. The van der Waals surface area contributed by atoms with E-state index in [1.165, 1.54) is 0 Å². The van der Waals surface area contributed by atoms with Crippen molar-refractivity contribution >= 4 is 23.0 Å². The second kappa shape index (κ2) is 10.2. The Morgan fingerprint density at radius 1 is 0.975 bits per heavy atom. The highest BCUT2D eigenvalue weighted by atomic mass is 16.4. The zero-order valence-corrected chi connectivity index (χ0v) is 22.6. The van der Waals surface area contributed by atoms with Gasteiger partial charge >= 0.3 is 5.97 Å². The third-order valence-electron chi connectivity index (χ3n) is 7.85. The third-order valence-corrected chi connectivity index (χ3v) is 7.85. The third kappa shape index (κ3) is 4.82. The van der Waals surface area contributed by atoms with Crippen LogP contribution in [-0.2, 0) is 10.3 Å². The number of hydrogen-bond donors (Lipinski definition) is 3. The number of carboxylic acid groups (broad SMARTS) is 1. The summed E-state index contributed by atoms with van der Waals surface area (Å²) in [6.45, 7) is 4.27. The summed E-state index contributed by atoms with van der Waals surface area (Å²) in [5, 5.41) is 13.1. The van der Waals surface area contributed by atoms with Gasteiger partial charge < -0.3 is 16.2 Å². The van der Waals surface area contributed by atoms with Gasteiger partial charge in [0.25, 0.3) is 0 Å². The van der Waals surface area contributed by atoms with Gasteiger partial charge in [0.05, 0.1) is 17.2 Å². The van der Waals surface area contributed by atoms with E-state index in [2.05, 4.69) is 48.4 Å². The average molecular weight is 533 g/mol. The van der Waals surface area contributed by atoms with E-state index < -0.39 is 5.97 Å². The smallest absolute Gasteiger partial charge is 0.306 e. The van der Waals surface area contributed by atoms with Crippen molar-refractivity contribution in [3.63, 3.8) is 0 Å². The van der Waals surface area contributed by atoms with Crippen molar-refractivity contribution in [2.45, 2.75) is 44.7 Å². The standard InChI is InChI=1S/C32H32N6O2/c1-32(2,37-23-13-10-21(19-23)31(39)40)22-11-14-24(15-12-22)38-29(25-9-6-18-34-28(25)33)36-27-17-16-26(35-30(27)38)20-7-4-3-5-8-20/h3-9,11-12,14-18,21,23,37H,10,13,19H2,1-2H3,(H2,33,34)(H,39,40)/t21-,23-/m1/s1. The van der Waals surface area contributed by atoms with Crippen molar-refractivity contribution in [2.24, 2.45) is 5.92 Å². The molecule has 1 fully saturated rings. The van der Waals surface area contributed by atoms with Gasteiger partial charge in [-0.15, -0.1) is 0 Å². The summed E-state index contributed by atoms with van der Waals surface area (Å²) in [6.07, 6.45) is 3.91. The van der Waals surface area contributed by atoms with Crippen LogP contribution in [0.1, 0.15) is 38.7 Å². The molecule has 40 heavy (non-hydrogen) atoms. The first-order chi connectivity index (χ1) is 19.3. The van der Waals surface area contributed by atoms with Crippen LogP contribution in [0.4, 0.5) is 5.82 Å². The quantitative estimate of drug-likeness (QED) is 0.242. The second-order valence-electron chi connectivity index (χ2n) is 11.0. The number of fused-ring (bicyclic) bond motifs is 1. The van der Waals surface area contributed by atoms with Gasteiger partial charge in [-0.2, -0.15) is 0 Å². The van der Waals surface area contributed by atoms with Crippen LogP contribution in [0.2, 0.25) is 0 Å². The number of nitrogens with one attached hydrogen (secondary N) is 1. The van der Waals surface area contributed by atoms with Crippen LogP contribution in [0.25, 0.3) is 39.5 Å². The van der Waals surface area contributed by atoms with Gasteiger partial charge in [-0.1, -0.05) is 42.5 Å². The minimum absolute atomic E-state index is 0.175. The molecule has 8 nitrogen and oxygen atoms in total. The number of aliphatic carboxylic acids is 1. The Balaban J connectivity index is 1.40. The molecule has 0 bridgehead atoms. The van der Waals surface area contributed by atoms with Crippen molar-refractivity contribution < 1.29 is 9.90 Å². The van der Waals surface area contributed by atoms with Crippen LogP contribution in [0.5, 0.6) is 0 Å². The Labute approximate surface area is 232 Å². The average Bonchev–Trinajstić information content (AvgIpc) is 3.58. The van der Waals surface area contributed by atoms with E-state index in [-0.39, 0.29) is 17.5 Å². The van der Waals surface area contributed by atoms with Crippen molar-refractivity contribution in [2.75, 3.05) is 5.73 Å². The summed E-state index contributed by atoms with van der Waals surface area (Å²) >= 11 is 0. The molecule has 0 radical (unpaired) electrons. The van der Waals surface area contributed by atoms with Gasteiger partial charge in [-0.05, 0) is 75.1 Å². The number of anilines is 1. The van der Waals surface area contributed by atoms with Crippen molar-refractivity contribution in [1.82, 2.24) is 24.8 Å². The van der Waals surface area contributed by atoms with Crippen LogP contribution >= 0.6 is 0 Å². The maximum Gasteiger partial charge on any atom is 0.306 e. The number of nitrogens with zero attached hydrogens (tertiary/aromatic N) is 4. The van der Waals surface area contributed by atoms with E-state index in [0.717, 1.165) is 45.7 Å². The number of carboxylic acids is 1. The number of imidazole rings is 1. The van der Waals surface area contributed by atoms with Gasteiger partial charge in [-0.3, -0.25) is 9.36 Å². The van der Waals surface area contributed by atoms with Crippen LogP contribution < -0.4 is 11.1 Å². The van der Waals surface area contributed by atoms with Crippen LogP contribution in [-0.4, -0.2) is 36.6 Å². The maximum absolute atomic E-state index is 11.4. The molecule has 0 unspecified atom stereocenters. The van der Waals surface area contributed by atoms with Gasteiger partial charge in [0.2, 0.25) is 0 Å². The molecule has 1 saturated carbocycles. The molecular formula is C32H32N6O2. The van der Waals surface area contributed by atoms with Crippen molar-refractivity contribution in [3.8, 4) is 28.3 Å². The highest BCUT2D eigenvalue weighted by molar-refractivity contribution is 5.84. The Bertz CT molecular complexity index is 1680. The molecule has 1 aliphatic carbocycles. The number of hydrogen-bond acceptors (Lipinski definition) is 6. The Morgan fingerprint density at radius 2 is 1.75 bits per heavy atom. The van der Waals surface area contributed by atoms with E-state index in [1.807, 2.05) is 59.2 Å². The lowest BCUT2D eigenvalue weighted by atomic mass is 9.92. The lowest BCUT2D eigenvalue weighted by Crippen LogP contribution is -2.42. The van der Waals surface area contributed by atoms with Gasteiger partial charge in [0, 0.05) is 29.0 Å². The molecule has 4 N–H and O–H groups in total. The molecular weight excluding hydrogens is 500 g/mol. The van der Waals surface area contributed by atoms with E-state index in [4.69, 9.17) is 15.7 Å². The van der Waals surface area contributed by atoms with E-state index in [1.54, 1.807) is 6.20 Å². The molecule has 0 aliphatic heterocycles. The van der Waals surface area contributed by atoms with E-state index in [0.29, 0.717) is 24.5 Å². The fourth-order valence-corrected chi connectivity index (χ4v) is 5.72. The minimum atomic E-state index is -0.701. The fraction of sp³-hybridized carbons (Fsp3) is 0.250. The monoisotopic (exact) mass is 532 g/mol. The highest BCUT2D eigenvalue weighted by Crippen LogP contribution is 2.34. The molecule has 2 atom stereocenters. The molecule has 0 spiro atoms. The number of benzene rings is 2. The SMILES string of the molecule is CC(C)(N[C@@H]1CC[C@@H](C(=O)O)C1)c1ccc(-n2c(-c3cccnc3N)nc3ccc(-c4ccccc4)nc32)cc1.